The molecule has 0 aliphatic rings. The summed E-state index contributed by atoms with van der Waals surface area (Å²) < 4.78 is 0. The van der Waals surface area contributed by atoms with Crippen LogP contribution in [0.15, 0.2) is 0 Å². The minimum Gasteiger partial charge on any atom is -0.396 e. The van der Waals surface area contributed by atoms with Gasteiger partial charge >= 0.3 is 6.03 Å². The number of carbonyl (C=O) groups excluding carboxylic acids is 1. The molecule has 0 aromatic carbocycles. The van der Waals surface area contributed by atoms with E-state index >= 15 is 0 Å². The molecule has 4 N–H and O–H groups in total. The maximum absolute atomic E-state index is 11.3. The van der Waals surface area contributed by atoms with Crippen LogP contribution in [0.2, 0.25) is 0 Å². The number of nitrogens with zero attached hydrogens (tertiary/aromatic N) is 1. The normalized spacial score (nSPS) is 9.93. The molecule has 2 amide bonds. The van der Waals surface area contributed by atoms with E-state index in [-0.39, 0.29) is 38.9 Å². The Kier molecular flexibility index (Phi) is 8.20. The van der Waals surface area contributed by atoms with E-state index in [0.29, 0.717) is 13.0 Å². The molecule has 14 heavy (non-hydrogen) atoms. The molecule has 84 valence electrons. The van der Waals surface area contributed by atoms with Crippen molar-refractivity contribution in [3.8, 4) is 0 Å². The lowest BCUT2D eigenvalue weighted by Crippen LogP contribution is -2.43. The summed E-state index contributed by atoms with van der Waals surface area (Å²) in [7, 11) is 0. The molecule has 0 saturated heterocycles. The molecule has 0 aliphatic carbocycles. The smallest absolute Gasteiger partial charge is 0.317 e. The van der Waals surface area contributed by atoms with Gasteiger partial charge in [0.15, 0.2) is 0 Å². The van der Waals surface area contributed by atoms with Gasteiger partial charge in [0, 0.05) is 26.2 Å². The van der Waals surface area contributed by atoms with E-state index < -0.39 is 0 Å². The van der Waals surface area contributed by atoms with Crippen LogP contribution < -0.4 is 5.32 Å². The maximum atomic E-state index is 11.3. The summed E-state index contributed by atoms with van der Waals surface area (Å²) in [5, 5.41) is 28.3. The highest BCUT2D eigenvalue weighted by Crippen LogP contribution is 1.88. The Morgan fingerprint density at radius 3 is 2.07 bits per heavy atom. The van der Waals surface area contributed by atoms with E-state index in [1.807, 2.05) is 0 Å². The number of urea groups is 1. The third-order valence-corrected chi connectivity index (χ3v) is 1.64. The molecule has 0 saturated carbocycles. The first-order valence-electron chi connectivity index (χ1n) is 4.61. The van der Waals surface area contributed by atoms with Gasteiger partial charge in [-0.25, -0.2) is 4.79 Å². The molecule has 0 spiro atoms. The van der Waals surface area contributed by atoms with E-state index in [1.165, 1.54) is 4.90 Å². The van der Waals surface area contributed by atoms with Crippen LogP contribution in [0.1, 0.15) is 6.42 Å². The molecule has 0 unspecified atom stereocenters. The number of aliphatic hydroxyl groups excluding tert-OH is 3. The second-order valence-electron chi connectivity index (χ2n) is 2.74. The summed E-state index contributed by atoms with van der Waals surface area (Å²) in [6.07, 6.45) is 0.498. The molecular formula is C8H18N2O4. The number of carbonyl (C=O) groups is 1. The van der Waals surface area contributed by atoms with Crippen LogP contribution in [0.3, 0.4) is 0 Å². The van der Waals surface area contributed by atoms with Gasteiger partial charge < -0.3 is 25.5 Å². The lowest BCUT2D eigenvalue weighted by Gasteiger charge is -2.20. The second-order valence-corrected chi connectivity index (χ2v) is 2.74. The Hall–Kier alpha value is -0.850. The predicted molar refractivity (Wildman–Crippen MR) is 50.8 cm³/mol. The average Bonchev–Trinajstić information content (AvgIpc) is 2.18. The summed E-state index contributed by atoms with van der Waals surface area (Å²) in [6.45, 7) is 0.556. The van der Waals surface area contributed by atoms with Gasteiger partial charge in [0.05, 0.1) is 13.2 Å². The lowest BCUT2D eigenvalue weighted by molar-refractivity contribution is 0.157. The largest absolute Gasteiger partial charge is 0.396 e. The van der Waals surface area contributed by atoms with Crippen LogP contribution >= 0.6 is 0 Å². The molecule has 0 fully saturated rings. The molecule has 0 aliphatic heterocycles. The van der Waals surface area contributed by atoms with Crippen molar-refractivity contribution in [1.29, 1.82) is 0 Å². The maximum Gasteiger partial charge on any atom is 0.317 e. The Labute approximate surface area is 83.1 Å². The number of hydrogen-bond donors (Lipinski definition) is 4. The van der Waals surface area contributed by atoms with E-state index in [4.69, 9.17) is 15.3 Å². The Morgan fingerprint density at radius 2 is 1.64 bits per heavy atom. The highest BCUT2D eigenvalue weighted by Gasteiger charge is 2.10. The van der Waals surface area contributed by atoms with E-state index in [9.17, 15) is 4.79 Å². The second kappa shape index (κ2) is 8.74. The fourth-order valence-corrected chi connectivity index (χ4v) is 0.942. The van der Waals surface area contributed by atoms with Gasteiger partial charge in [-0.2, -0.15) is 0 Å². The molecule has 0 aromatic heterocycles. The van der Waals surface area contributed by atoms with E-state index in [0.717, 1.165) is 0 Å². The highest BCUT2D eigenvalue weighted by atomic mass is 16.3. The van der Waals surface area contributed by atoms with Crippen molar-refractivity contribution in [3.63, 3.8) is 0 Å². The zero-order chi connectivity index (χ0) is 10.8. The van der Waals surface area contributed by atoms with Gasteiger partial charge in [0.1, 0.15) is 0 Å². The molecule has 0 aromatic rings. The summed E-state index contributed by atoms with van der Waals surface area (Å²) >= 11 is 0. The first-order chi connectivity index (χ1) is 6.76. The Bertz CT molecular complexity index is 148. The highest BCUT2D eigenvalue weighted by molar-refractivity contribution is 5.74. The Balaban J connectivity index is 3.76. The quantitative estimate of drug-likeness (QED) is 0.376. The standard InChI is InChI=1S/C8H18N2O4/c11-5-1-2-9-8(14)10(3-6-12)4-7-13/h11-13H,1-7H2,(H,9,14). The lowest BCUT2D eigenvalue weighted by atomic mass is 10.4. The van der Waals surface area contributed by atoms with Crippen LogP contribution in [0.25, 0.3) is 0 Å². The summed E-state index contributed by atoms with van der Waals surface area (Å²) in [6, 6.07) is -0.332. The third kappa shape index (κ3) is 5.74. The fourth-order valence-electron chi connectivity index (χ4n) is 0.942. The SMILES string of the molecule is O=C(NCCCO)N(CCO)CCO. The van der Waals surface area contributed by atoms with Crippen molar-refractivity contribution in [2.24, 2.45) is 0 Å². The first kappa shape index (κ1) is 13.2. The first-order valence-corrected chi connectivity index (χ1v) is 4.61. The van der Waals surface area contributed by atoms with Crippen LogP contribution in [-0.2, 0) is 0 Å². The van der Waals surface area contributed by atoms with E-state index in [1.54, 1.807) is 0 Å². The van der Waals surface area contributed by atoms with Gasteiger partial charge in [-0.05, 0) is 6.42 Å². The molecular weight excluding hydrogens is 188 g/mol. The number of rotatable bonds is 7. The molecule has 0 atom stereocenters. The van der Waals surface area contributed by atoms with Gasteiger partial charge in [0.25, 0.3) is 0 Å². The molecule has 6 heteroatoms. The van der Waals surface area contributed by atoms with Crippen molar-refractivity contribution in [2.75, 3.05) is 39.5 Å². The minimum absolute atomic E-state index is 0.0281. The third-order valence-electron chi connectivity index (χ3n) is 1.64. The van der Waals surface area contributed by atoms with Crippen molar-refractivity contribution >= 4 is 6.03 Å². The van der Waals surface area contributed by atoms with Crippen molar-refractivity contribution in [2.45, 2.75) is 6.42 Å². The van der Waals surface area contributed by atoms with Gasteiger partial charge in [-0.3, -0.25) is 0 Å². The Morgan fingerprint density at radius 1 is 1.07 bits per heavy atom. The van der Waals surface area contributed by atoms with Crippen LogP contribution in [0, 0.1) is 0 Å². The monoisotopic (exact) mass is 206 g/mol. The van der Waals surface area contributed by atoms with Crippen LogP contribution in [-0.4, -0.2) is 65.7 Å². The van der Waals surface area contributed by atoms with Crippen LogP contribution in [0.4, 0.5) is 4.79 Å². The number of nitrogens with one attached hydrogen (secondary N) is 1. The minimum atomic E-state index is -0.332. The predicted octanol–water partition coefficient (Wildman–Crippen LogP) is -1.63. The molecule has 0 rings (SSSR count). The van der Waals surface area contributed by atoms with Crippen molar-refractivity contribution in [1.82, 2.24) is 10.2 Å². The molecule has 0 bridgehead atoms. The summed E-state index contributed by atoms with van der Waals surface area (Å²) in [5.74, 6) is 0. The van der Waals surface area contributed by atoms with Gasteiger partial charge in [-0.1, -0.05) is 0 Å². The van der Waals surface area contributed by atoms with Gasteiger partial charge in [0.2, 0.25) is 0 Å². The zero-order valence-corrected chi connectivity index (χ0v) is 8.15. The van der Waals surface area contributed by atoms with Crippen molar-refractivity contribution < 1.29 is 20.1 Å². The molecule has 0 radical (unpaired) electrons. The van der Waals surface area contributed by atoms with Crippen molar-refractivity contribution in [3.05, 3.63) is 0 Å². The van der Waals surface area contributed by atoms with Crippen LogP contribution in [0.5, 0.6) is 0 Å². The summed E-state index contributed by atoms with van der Waals surface area (Å²) in [5.41, 5.74) is 0. The topological polar surface area (TPSA) is 93.0 Å². The number of aliphatic hydroxyl groups is 3. The molecule has 0 heterocycles. The molecule has 6 nitrogen and oxygen atoms in total. The zero-order valence-electron chi connectivity index (χ0n) is 8.15. The average molecular weight is 206 g/mol. The van der Waals surface area contributed by atoms with Gasteiger partial charge in [-0.15, -0.1) is 0 Å². The summed E-state index contributed by atoms with van der Waals surface area (Å²) in [4.78, 5) is 12.6. The fraction of sp³-hybridized carbons (Fsp3) is 0.875. The number of hydrogen-bond acceptors (Lipinski definition) is 4. The van der Waals surface area contributed by atoms with E-state index in [2.05, 4.69) is 5.32 Å². The number of amides is 2.